The molecule has 4 heteroatoms. The third kappa shape index (κ3) is 1.90. The molecule has 2 aromatic rings. The maximum atomic E-state index is 12.0. The van der Waals surface area contributed by atoms with E-state index in [0.29, 0.717) is 6.04 Å². The average Bonchev–Trinajstić information content (AvgIpc) is 2.65. The highest BCUT2D eigenvalue weighted by Crippen LogP contribution is 2.28. The van der Waals surface area contributed by atoms with Crippen molar-refractivity contribution in [3.63, 3.8) is 0 Å². The predicted octanol–water partition coefficient (Wildman–Crippen LogP) is 2.71. The number of aromatic amines is 1. The number of H-pyrrole nitrogens is 1. The summed E-state index contributed by atoms with van der Waals surface area (Å²) < 4.78 is 1.96. The Balaban J connectivity index is 2.16. The van der Waals surface area contributed by atoms with Gasteiger partial charge in [-0.25, -0.2) is 4.79 Å². The van der Waals surface area contributed by atoms with Crippen molar-refractivity contribution >= 4 is 22.8 Å². The number of benzene rings is 1. The number of nitrogens with one attached hydrogen (secondary N) is 1. The summed E-state index contributed by atoms with van der Waals surface area (Å²) in [6.07, 6.45) is 2.21. The van der Waals surface area contributed by atoms with Crippen LogP contribution in [0.3, 0.4) is 0 Å². The molecule has 3 rings (SSSR count). The molecule has 3 nitrogen and oxygen atoms in total. The monoisotopic (exact) mass is 248 g/mol. The molecule has 1 N–H and O–H groups in total. The third-order valence-corrected chi connectivity index (χ3v) is 4.48. The Hall–Kier alpha value is -1.16. The molecule has 17 heavy (non-hydrogen) atoms. The highest BCUT2D eigenvalue weighted by Gasteiger charge is 2.19. The summed E-state index contributed by atoms with van der Waals surface area (Å²) in [4.78, 5) is 15.0. The van der Waals surface area contributed by atoms with Crippen LogP contribution < -0.4 is 5.69 Å². The fourth-order valence-corrected chi connectivity index (χ4v) is 3.62. The van der Waals surface area contributed by atoms with Gasteiger partial charge >= 0.3 is 5.69 Å². The number of aromatic nitrogens is 2. The molecule has 0 spiro atoms. The molecule has 0 aliphatic carbocycles. The maximum absolute atomic E-state index is 12.0. The maximum Gasteiger partial charge on any atom is 0.326 e. The van der Waals surface area contributed by atoms with Crippen LogP contribution in [0, 0.1) is 6.92 Å². The third-order valence-electron chi connectivity index (χ3n) is 3.43. The molecule has 1 saturated heterocycles. The average molecular weight is 248 g/mol. The van der Waals surface area contributed by atoms with Gasteiger partial charge < -0.3 is 4.98 Å². The molecule has 0 unspecified atom stereocenters. The van der Waals surface area contributed by atoms with Gasteiger partial charge in [-0.2, -0.15) is 11.8 Å². The van der Waals surface area contributed by atoms with Gasteiger partial charge in [0.1, 0.15) is 0 Å². The fraction of sp³-hybridized carbons (Fsp3) is 0.462. The van der Waals surface area contributed by atoms with Gasteiger partial charge in [0.25, 0.3) is 0 Å². The zero-order valence-corrected chi connectivity index (χ0v) is 10.7. The van der Waals surface area contributed by atoms with Gasteiger partial charge in [0.2, 0.25) is 0 Å². The van der Waals surface area contributed by atoms with Gasteiger partial charge in [0.05, 0.1) is 11.0 Å². The molecular weight excluding hydrogens is 232 g/mol. The number of hydrogen-bond donors (Lipinski definition) is 1. The molecule has 1 fully saturated rings. The quantitative estimate of drug-likeness (QED) is 0.842. The van der Waals surface area contributed by atoms with E-state index in [1.807, 2.05) is 28.5 Å². The minimum absolute atomic E-state index is 0.0440. The van der Waals surface area contributed by atoms with Gasteiger partial charge in [0, 0.05) is 6.04 Å². The minimum Gasteiger partial charge on any atom is -0.306 e. The van der Waals surface area contributed by atoms with E-state index in [0.717, 1.165) is 35.4 Å². The molecule has 90 valence electrons. The normalized spacial score (nSPS) is 17.7. The Kier molecular flexibility index (Phi) is 2.74. The molecule has 0 radical (unpaired) electrons. The van der Waals surface area contributed by atoms with E-state index in [4.69, 9.17) is 0 Å². The van der Waals surface area contributed by atoms with Crippen LogP contribution in [0.1, 0.15) is 24.4 Å². The van der Waals surface area contributed by atoms with Gasteiger partial charge in [-0.1, -0.05) is 6.07 Å². The van der Waals surface area contributed by atoms with Crippen LogP contribution >= 0.6 is 11.8 Å². The van der Waals surface area contributed by atoms with Crippen molar-refractivity contribution in [2.24, 2.45) is 0 Å². The van der Waals surface area contributed by atoms with E-state index >= 15 is 0 Å². The zero-order valence-electron chi connectivity index (χ0n) is 9.90. The number of fused-ring (bicyclic) bond motifs is 1. The van der Waals surface area contributed by atoms with Gasteiger partial charge in [0.15, 0.2) is 0 Å². The van der Waals surface area contributed by atoms with Crippen LogP contribution in [0.15, 0.2) is 23.0 Å². The predicted molar refractivity (Wildman–Crippen MR) is 72.9 cm³/mol. The first-order chi connectivity index (χ1) is 8.25. The van der Waals surface area contributed by atoms with Crippen LogP contribution in [-0.4, -0.2) is 21.1 Å². The molecule has 2 heterocycles. The first kappa shape index (κ1) is 11.0. The molecule has 1 aromatic carbocycles. The number of thioether (sulfide) groups is 1. The van der Waals surface area contributed by atoms with Crippen LogP contribution in [0.25, 0.3) is 11.0 Å². The summed E-state index contributed by atoms with van der Waals surface area (Å²) in [6.45, 7) is 2.07. The molecule has 1 aliphatic heterocycles. The lowest BCUT2D eigenvalue weighted by Gasteiger charge is -2.22. The van der Waals surface area contributed by atoms with E-state index in [1.165, 1.54) is 5.56 Å². The standard InChI is InChI=1S/C13H16N2OS/c1-9-2-3-11-12(8-9)15(13(16)14-11)10-4-6-17-7-5-10/h2-3,8,10H,4-7H2,1H3,(H,14,16). The Morgan fingerprint density at radius 1 is 1.35 bits per heavy atom. The van der Waals surface area contributed by atoms with E-state index in [9.17, 15) is 4.79 Å². The first-order valence-corrected chi connectivity index (χ1v) is 7.20. The molecular formula is C13H16N2OS. The van der Waals surface area contributed by atoms with Crippen molar-refractivity contribution in [3.05, 3.63) is 34.2 Å². The van der Waals surface area contributed by atoms with Gasteiger partial charge in [-0.3, -0.25) is 4.57 Å². The molecule has 0 saturated carbocycles. The van der Waals surface area contributed by atoms with Gasteiger partial charge in [-0.15, -0.1) is 0 Å². The molecule has 0 bridgehead atoms. The Labute approximate surface area is 104 Å². The number of hydrogen-bond acceptors (Lipinski definition) is 2. The van der Waals surface area contributed by atoms with Crippen molar-refractivity contribution in [2.45, 2.75) is 25.8 Å². The Morgan fingerprint density at radius 2 is 2.12 bits per heavy atom. The Bertz CT molecular complexity index is 593. The fourth-order valence-electron chi connectivity index (χ4n) is 2.54. The van der Waals surface area contributed by atoms with Gasteiger partial charge in [-0.05, 0) is 49.0 Å². The number of nitrogens with zero attached hydrogens (tertiary/aromatic N) is 1. The topological polar surface area (TPSA) is 37.8 Å². The summed E-state index contributed by atoms with van der Waals surface area (Å²) in [6, 6.07) is 6.52. The van der Waals surface area contributed by atoms with Crippen molar-refractivity contribution < 1.29 is 0 Å². The highest BCUT2D eigenvalue weighted by atomic mass is 32.2. The summed E-state index contributed by atoms with van der Waals surface area (Å²) in [5.41, 5.74) is 3.27. The van der Waals surface area contributed by atoms with Crippen LogP contribution in [0.4, 0.5) is 0 Å². The van der Waals surface area contributed by atoms with Crippen LogP contribution in [-0.2, 0) is 0 Å². The summed E-state index contributed by atoms with van der Waals surface area (Å²) in [7, 11) is 0. The first-order valence-electron chi connectivity index (χ1n) is 6.04. The highest BCUT2D eigenvalue weighted by molar-refractivity contribution is 7.99. The van der Waals surface area contributed by atoms with Crippen LogP contribution in [0.5, 0.6) is 0 Å². The second kappa shape index (κ2) is 4.26. The second-order valence-corrected chi connectivity index (χ2v) is 5.89. The van der Waals surface area contributed by atoms with Crippen molar-refractivity contribution in [2.75, 3.05) is 11.5 Å². The lowest BCUT2D eigenvalue weighted by Crippen LogP contribution is -2.25. The lowest BCUT2D eigenvalue weighted by atomic mass is 10.1. The lowest BCUT2D eigenvalue weighted by molar-refractivity contribution is 0.469. The zero-order chi connectivity index (χ0) is 11.8. The van der Waals surface area contributed by atoms with E-state index < -0.39 is 0 Å². The Morgan fingerprint density at radius 3 is 2.88 bits per heavy atom. The number of rotatable bonds is 1. The minimum atomic E-state index is 0.0440. The van der Waals surface area contributed by atoms with Crippen molar-refractivity contribution in [1.29, 1.82) is 0 Å². The molecule has 0 amide bonds. The van der Waals surface area contributed by atoms with Crippen molar-refractivity contribution in [3.8, 4) is 0 Å². The summed E-state index contributed by atoms with van der Waals surface area (Å²) in [5.74, 6) is 2.32. The largest absolute Gasteiger partial charge is 0.326 e. The van der Waals surface area contributed by atoms with E-state index in [2.05, 4.69) is 18.0 Å². The summed E-state index contributed by atoms with van der Waals surface area (Å²) >= 11 is 1.98. The van der Waals surface area contributed by atoms with E-state index in [1.54, 1.807) is 0 Å². The molecule has 1 aliphatic rings. The number of imidazole rings is 1. The molecule has 0 atom stereocenters. The smallest absolute Gasteiger partial charge is 0.306 e. The summed E-state index contributed by atoms with van der Waals surface area (Å²) in [5, 5.41) is 0. The SMILES string of the molecule is Cc1ccc2[nH]c(=O)n(C3CCSCC3)c2c1. The van der Waals surface area contributed by atoms with Crippen molar-refractivity contribution in [1.82, 2.24) is 9.55 Å². The molecule has 1 aromatic heterocycles. The van der Waals surface area contributed by atoms with Crippen LogP contribution in [0.2, 0.25) is 0 Å². The van der Waals surface area contributed by atoms with E-state index in [-0.39, 0.29) is 5.69 Å². The number of aryl methyl sites for hydroxylation is 1. The second-order valence-electron chi connectivity index (χ2n) is 4.66.